The number of hydrogen-bond acceptors (Lipinski definition) is 5. The molecule has 8 nitrogen and oxygen atoms in total. The number of hydrogen-bond donors (Lipinski definition) is 1. The number of carbonyl (C=O) groups excluding carboxylic acids is 2. The summed E-state index contributed by atoms with van der Waals surface area (Å²) in [6.07, 6.45) is 1.73. The highest BCUT2D eigenvalue weighted by molar-refractivity contribution is 7.92. The third-order valence-electron chi connectivity index (χ3n) is 6.47. The summed E-state index contributed by atoms with van der Waals surface area (Å²) in [6, 6.07) is 19.0. The molecule has 3 rings (SSSR count). The number of amides is 2. The van der Waals surface area contributed by atoms with Crippen LogP contribution in [0.25, 0.3) is 0 Å². The molecule has 0 radical (unpaired) electrons. The van der Waals surface area contributed by atoms with Crippen LogP contribution in [-0.2, 0) is 26.2 Å². The molecule has 0 aliphatic rings. The molecular formula is C30H36ClN3O5S. The summed E-state index contributed by atoms with van der Waals surface area (Å²) in [4.78, 5) is 28.4. The molecule has 0 fully saturated rings. The van der Waals surface area contributed by atoms with E-state index in [1.807, 2.05) is 38.1 Å². The Morgan fingerprint density at radius 1 is 1.02 bits per heavy atom. The molecule has 1 atom stereocenters. The molecule has 3 aromatic carbocycles. The first kappa shape index (κ1) is 31.0. The Kier molecular flexibility index (Phi) is 11.0. The Bertz CT molecular complexity index is 1400. The minimum absolute atomic E-state index is 0.00774. The maximum absolute atomic E-state index is 13.9. The van der Waals surface area contributed by atoms with Crippen LogP contribution in [-0.4, -0.2) is 51.4 Å². The number of unbranched alkanes of at least 4 members (excludes halogenated alkanes) is 1. The van der Waals surface area contributed by atoms with Crippen molar-refractivity contribution in [2.75, 3.05) is 24.5 Å². The fourth-order valence-corrected chi connectivity index (χ4v) is 5.68. The van der Waals surface area contributed by atoms with Crippen LogP contribution < -0.4 is 14.4 Å². The van der Waals surface area contributed by atoms with Gasteiger partial charge in [-0.25, -0.2) is 8.42 Å². The van der Waals surface area contributed by atoms with E-state index in [2.05, 4.69) is 5.32 Å². The summed E-state index contributed by atoms with van der Waals surface area (Å²) in [7, 11) is -2.69. The van der Waals surface area contributed by atoms with Gasteiger partial charge in [0, 0.05) is 18.1 Å². The second-order valence-corrected chi connectivity index (χ2v) is 11.8. The lowest BCUT2D eigenvalue weighted by Crippen LogP contribution is -2.51. The molecule has 0 heterocycles. The summed E-state index contributed by atoms with van der Waals surface area (Å²) >= 11 is 6.07. The van der Waals surface area contributed by atoms with Crippen molar-refractivity contribution in [2.45, 2.75) is 51.1 Å². The maximum Gasteiger partial charge on any atom is 0.264 e. The molecule has 0 saturated heterocycles. The predicted molar refractivity (Wildman–Crippen MR) is 158 cm³/mol. The maximum atomic E-state index is 13.9. The van der Waals surface area contributed by atoms with E-state index < -0.39 is 28.5 Å². The number of carbonyl (C=O) groups is 2. The molecule has 0 aliphatic carbocycles. The number of benzene rings is 3. The van der Waals surface area contributed by atoms with Crippen molar-refractivity contribution in [3.63, 3.8) is 0 Å². The second-order valence-electron chi connectivity index (χ2n) is 9.49. The highest BCUT2D eigenvalue weighted by atomic mass is 35.5. The van der Waals surface area contributed by atoms with Crippen LogP contribution in [0.1, 0.15) is 37.8 Å². The zero-order valence-electron chi connectivity index (χ0n) is 23.3. The molecule has 214 valence electrons. The fourth-order valence-electron chi connectivity index (χ4n) is 4.14. The number of anilines is 1. The third kappa shape index (κ3) is 7.99. The van der Waals surface area contributed by atoms with Crippen molar-refractivity contribution in [2.24, 2.45) is 0 Å². The fraction of sp³-hybridized carbons (Fsp3) is 0.333. The Morgan fingerprint density at radius 2 is 1.70 bits per heavy atom. The van der Waals surface area contributed by atoms with Gasteiger partial charge < -0.3 is 15.0 Å². The summed E-state index contributed by atoms with van der Waals surface area (Å²) in [5.41, 5.74) is 2.11. The summed E-state index contributed by atoms with van der Waals surface area (Å²) < 4.78 is 33.9. The molecular weight excluding hydrogens is 550 g/mol. The molecule has 40 heavy (non-hydrogen) atoms. The van der Waals surface area contributed by atoms with E-state index >= 15 is 0 Å². The molecule has 2 amide bonds. The molecule has 0 spiro atoms. The Morgan fingerprint density at radius 3 is 2.30 bits per heavy atom. The highest BCUT2D eigenvalue weighted by Crippen LogP contribution is 2.27. The lowest BCUT2D eigenvalue weighted by molar-refractivity contribution is -0.139. The van der Waals surface area contributed by atoms with Crippen LogP contribution in [0.5, 0.6) is 5.75 Å². The van der Waals surface area contributed by atoms with E-state index in [0.29, 0.717) is 17.3 Å². The predicted octanol–water partition coefficient (Wildman–Crippen LogP) is 5.19. The molecule has 10 heteroatoms. The highest BCUT2D eigenvalue weighted by Gasteiger charge is 2.32. The largest absolute Gasteiger partial charge is 0.497 e. The number of rotatable bonds is 13. The lowest BCUT2D eigenvalue weighted by Gasteiger charge is -2.32. The summed E-state index contributed by atoms with van der Waals surface area (Å²) in [5, 5.41) is 3.31. The monoisotopic (exact) mass is 585 g/mol. The van der Waals surface area contributed by atoms with E-state index in [0.717, 1.165) is 28.3 Å². The number of sulfonamides is 1. The van der Waals surface area contributed by atoms with Gasteiger partial charge in [-0.2, -0.15) is 0 Å². The Balaban J connectivity index is 2.00. The van der Waals surface area contributed by atoms with Crippen LogP contribution >= 0.6 is 11.6 Å². The van der Waals surface area contributed by atoms with Gasteiger partial charge >= 0.3 is 0 Å². The van der Waals surface area contributed by atoms with Gasteiger partial charge in [0.2, 0.25) is 11.8 Å². The lowest BCUT2D eigenvalue weighted by atomic mass is 10.1. The number of methoxy groups -OCH3 is 1. The second kappa shape index (κ2) is 14.2. The number of ether oxygens (including phenoxy) is 1. The van der Waals surface area contributed by atoms with Gasteiger partial charge in [-0.05, 0) is 74.4 Å². The van der Waals surface area contributed by atoms with Crippen LogP contribution in [0.3, 0.4) is 0 Å². The standard InChI is InChI=1S/C30H36ClN3O5S/c1-5-6-18-32-30(36)23(3)33(20-24-9-7-8-22(2)19-24)29(35)21-34(26-12-10-25(31)11-13-26)40(37,38)28-16-14-27(39-4)15-17-28/h7-17,19,23H,5-6,18,20-21H2,1-4H3,(H,32,36)/t23-/m1/s1. The van der Waals surface area contributed by atoms with E-state index in [9.17, 15) is 18.0 Å². The molecule has 0 unspecified atom stereocenters. The number of aryl methyl sites for hydroxylation is 1. The first-order chi connectivity index (χ1) is 19.1. The SMILES string of the molecule is CCCCNC(=O)[C@@H](C)N(Cc1cccc(C)c1)C(=O)CN(c1ccc(Cl)cc1)S(=O)(=O)c1ccc(OC)cc1. The van der Waals surface area contributed by atoms with Crippen LogP contribution in [0.15, 0.2) is 77.7 Å². The Labute approximate surface area is 241 Å². The van der Waals surface area contributed by atoms with E-state index in [-0.39, 0.29) is 23.0 Å². The quantitative estimate of drug-likeness (QED) is 0.279. The number of nitrogens with zero attached hydrogens (tertiary/aromatic N) is 2. The van der Waals surface area contributed by atoms with Gasteiger partial charge in [-0.15, -0.1) is 0 Å². The van der Waals surface area contributed by atoms with Gasteiger partial charge in [0.15, 0.2) is 0 Å². The van der Waals surface area contributed by atoms with E-state index in [1.54, 1.807) is 43.3 Å². The molecule has 0 saturated carbocycles. The van der Waals surface area contributed by atoms with Gasteiger partial charge in [0.1, 0.15) is 18.3 Å². The minimum Gasteiger partial charge on any atom is -0.497 e. The Hall–Kier alpha value is -3.56. The van der Waals surface area contributed by atoms with Crippen molar-refractivity contribution in [1.29, 1.82) is 0 Å². The van der Waals surface area contributed by atoms with Crippen LogP contribution in [0, 0.1) is 6.92 Å². The van der Waals surface area contributed by atoms with Crippen LogP contribution in [0.2, 0.25) is 5.02 Å². The van der Waals surface area contributed by atoms with Gasteiger partial charge in [-0.3, -0.25) is 13.9 Å². The average molecular weight is 586 g/mol. The first-order valence-corrected chi connectivity index (χ1v) is 14.9. The molecule has 0 aliphatic heterocycles. The minimum atomic E-state index is -4.18. The van der Waals surface area contributed by atoms with Gasteiger partial charge in [-0.1, -0.05) is 54.8 Å². The molecule has 1 N–H and O–H groups in total. The van der Waals surface area contributed by atoms with Crippen molar-refractivity contribution >= 4 is 39.1 Å². The molecule has 3 aromatic rings. The topological polar surface area (TPSA) is 96.0 Å². The van der Waals surface area contributed by atoms with E-state index in [1.165, 1.54) is 24.1 Å². The van der Waals surface area contributed by atoms with Crippen molar-refractivity contribution in [3.05, 3.63) is 88.9 Å². The number of nitrogens with one attached hydrogen (secondary N) is 1. The first-order valence-electron chi connectivity index (χ1n) is 13.1. The summed E-state index contributed by atoms with van der Waals surface area (Å²) in [6.45, 7) is 5.74. The average Bonchev–Trinajstić information content (AvgIpc) is 2.94. The number of halogens is 1. The smallest absolute Gasteiger partial charge is 0.264 e. The molecule has 0 aromatic heterocycles. The van der Waals surface area contributed by atoms with Crippen molar-refractivity contribution in [1.82, 2.24) is 10.2 Å². The van der Waals surface area contributed by atoms with Gasteiger partial charge in [0.25, 0.3) is 10.0 Å². The van der Waals surface area contributed by atoms with E-state index in [4.69, 9.17) is 16.3 Å². The zero-order chi connectivity index (χ0) is 29.3. The van der Waals surface area contributed by atoms with Crippen LogP contribution in [0.4, 0.5) is 5.69 Å². The van der Waals surface area contributed by atoms with Gasteiger partial charge in [0.05, 0.1) is 17.7 Å². The zero-order valence-corrected chi connectivity index (χ0v) is 24.8. The van der Waals surface area contributed by atoms with Crippen molar-refractivity contribution < 1.29 is 22.7 Å². The third-order valence-corrected chi connectivity index (χ3v) is 8.51. The normalized spacial score (nSPS) is 11.9. The summed E-state index contributed by atoms with van der Waals surface area (Å²) in [5.74, 6) is -0.322. The van der Waals surface area contributed by atoms with Crippen molar-refractivity contribution in [3.8, 4) is 5.75 Å². The molecule has 0 bridgehead atoms.